The van der Waals surface area contributed by atoms with Crippen molar-refractivity contribution in [3.8, 4) is 0 Å². The number of ether oxygens (including phenoxy) is 1. The van der Waals surface area contributed by atoms with Crippen LogP contribution in [0.2, 0.25) is 10.0 Å². The van der Waals surface area contributed by atoms with Crippen molar-refractivity contribution in [1.82, 2.24) is 4.98 Å². The van der Waals surface area contributed by atoms with Crippen molar-refractivity contribution >= 4 is 45.8 Å². The van der Waals surface area contributed by atoms with E-state index in [4.69, 9.17) is 27.9 Å². The van der Waals surface area contributed by atoms with Crippen LogP contribution in [0, 0.1) is 0 Å². The van der Waals surface area contributed by atoms with Crippen LogP contribution < -0.4 is 4.90 Å². The number of carbonyl (C=O) groups is 1. The Hall–Kier alpha value is -3.08. The first-order valence-electron chi connectivity index (χ1n) is 10.3. The molecule has 32 heavy (non-hydrogen) atoms. The molecule has 0 amide bonds. The maximum atomic E-state index is 12.9. The molecule has 0 bridgehead atoms. The Morgan fingerprint density at radius 1 is 0.906 bits per heavy atom. The minimum Gasteiger partial charge on any atom is -0.462 e. The second kappa shape index (κ2) is 10.0. The summed E-state index contributed by atoms with van der Waals surface area (Å²) in [4.78, 5) is 19.5. The summed E-state index contributed by atoms with van der Waals surface area (Å²) in [7, 11) is 0. The molecule has 0 aliphatic carbocycles. The van der Waals surface area contributed by atoms with Crippen LogP contribution >= 0.6 is 23.2 Å². The van der Waals surface area contributed by atoms with E-state index in [0.29, 0.717) is 34.2 Å². The molecular formula is C26H22Cl2N2O2. The van der Waals surface area contributed by atoms with E-state index in [1.54, 1.807) is 13.0 Å². The Kier molecular flexibility index (Phi) is 6.93. The van der Waals surface area contributed by atoms with Gasteiger partial charge in [0.2, 0.25) is 0 Å². The number of rotatable bonds is 7. The summed E-state index contributed by atoms with van der Waals surface area (Å²) in [6, 6.07) is 23.8. The highest BCUT2D eigenvalue weighted by molar-refractivity contribution is 6.45. The number of benzene rings is 3. The highest BCUT2D eigenvalue weighted by atomic mass is 35.5. The fourth-order valence-electron chi connectivity index (χ4n) is 3.71. The Bertz CT molecular complexity index is 1190. The quantitative estimate of drug-likeness (QED) is 0.278. The lowest BCUT2D eigenvalue weighted by atomic mass is 10.1. The number of halogens is 2. The van der Waals surface area contributed by atoms with Gasteiger partial charge in [-0.25, -0.2) is 4.79 Å². The number of aromatic nitrogens is 1. The Balaban J connectivity index is 1.93. The lowest BCUT2D eigenvalue weighted by Gasteiger charge is -2.28. The first-order valence-corrected chi connectivity index (χ1v) is 11.1. The smallest absolute Gasteiger partial charge is 0.341 e. The second-order valence-corrected chi connectivity index (χ2v) is 8.11. The number of nitrogens with zero attached hydrogens (tertiary/aromatic N) is 2. The molecule has 4 aromatic rings. The van der Waals surface area contributed by atoms with Crippen molar-refractivity contribution in [3.63, 3.8) is 0 Å². The minimum absolute atomic E-state index is 0.273. The van der Waals surface area contributed by atoms with Crippen molar-refractivity contribution < 1.29 is 9.53 Å². The lowest BCUT2D eigenvalue weighted by molar-refractivity contribution is 0.0526. The highest BCUT2D eigenvalue weighted by Gasteiger charge is 2.23. The van der Waals surface area contributed by atoms with Gasteiger partial charge < -0.3 is 9.64 Å². The zero-order chi connectivity index (χ0) is 22.5. The minimum atomic E-state index is -0.422. The highest BCUT2D eigenvalue weighted by Crippen LogP contribution is 2.38. The van der Waals surface area contributed by atoms with Gasteiger partial charge in [0.25, 0.3) is 0 Å². The van der Waals surface area contributed by atoms with Crippen LogP contribution in [0.15, 0.2) is 79.0 Å². The molecule has 0 radical (unpaired) electrons. The van der Waals surface area contributed by atoms with Crippen molar-refractivity contribution in [3.05, 3.63) is 106 Å². The first kappa shape index (κ1) is 22.1. The van der Waals surface area contributed by atoms with Crippen LogP contribution in [-0.4, -0.2) is 17.6 Å². The van der Waals surface area contributed by atoms with E-state index in [-0.39, 0.29) is 6.61 Å². The normalized spacial score (nSPS) is 10.8. The van der Waals surface area contributed by atoms with Gasteiger partial charge in [0.15, 0.2) is 0 Å². The van der Waals surface area contributed by atoms with E-state index in [2.05, 4.69) is 34.1 Å². The van der Waals surface area contributed by atoms with E-state index in [1.807, 2.05) is 42.5 Å². The fourth-order valence-corrected chi connectivity index (χ4v) is 4.08. The molecule has 1 aromatic heterocycles. The van der Waals surface area contributed by atoms with E-state index in [0.717, 1.165) is 22.2 Å². The van der Waals surface area contributed by atoms with Gasteiger partial charge in [0.1, 0.15) is 5.56 Å². The van der Waals surface area contributed by atoms with Crippen molar-refractivity contribution in [2.24, 2.45) is 0 Å². The summed E-state index contributed by atoms with van der Waals surface area (Å²) in [6.07, 6.45) is 1.53. The average Bonchev–Trinajstić information content (AvgIpc) is 2.82. The summed E-state index contributed by atoms with van der Waals surface area (Å²) in [6.45, 7) is 3.23. The largest absolute Gasteiger partial charge is 0.462 e. The summed E-state index contributed by atoms with van der Waals surface area (Å²) >= 11 is 12.7. The maximum absolute atomic E-state index is 12.9. The fraction of sp³-hybridized carbons (Fsp3) is 0.154. The van der Waals surface area contributed by atoms with Crippen molar-refractivity contribution in [2.75, 3.05) is 11.5 Å². The van der Waals surface area contributed by atoms with Gasteiger partial charge in [-0.05, 0) is 30.2 Å². The van der Waals surface area contributed by atoms with Gasteiger partial charge >= 0.3 is 5.97 Å². The lowest BCUT2D eigenvalue weighted by Crippen LogP contribution is -2.25. The molecular weight excluding hydrogens is 443 g/mol. The van der Waals surface area contributed by atoms with Gasteiger partial charge in [-0.1, -0.05) is 83.9 Å². The van der Waals surface area contributed by atoms with E-state index in [9.17, 15) is 4.79 Å². The third kappa shape index (κ3) is 4.72. The zero-order valence-electron chi connectivity index (χ0n) is 17.6. The molecule has 162 valence electrons. The predicted molar refractivity (Wildman–Crippen MR) is 130 cm³/mol. The predicted octanol–water partition coefficient (Wildman–Crippen LogP) is 6.93. The second-order valence-electron chi connectivity index (χ2n) is 7.33. The Labute approximate surface area is 197 Å². The Morgan fingerprint density at radius 3 is 2.06 bits per heavy atom. The molecule has 4 rings (SSSR count). The van der Waals surface area contributed by atoms with Crippen LogP contribution in [0.25, 0.3) is 10.9 Å². The van der Waals surface area contributed by atoms with Gasteiger partial charge in [-0.15, -0.1) is 0 Å². The van der Waals surface area contributed by atoms with Crippen LogP contribution in [0.4, 0.5) is 5.69 Å². The molecule has 0 saturated carbocycles. The Morgan fingerprint density at radius 2 is 1.50 bits per heavy atom. The standard InChI is InChI=1S/C26H22Cl2N2O2/c1-2-32-26(31)21-15-29-24-20(13-14-22(27)23(24)28)25(21)30(16-18-9-5-3-6-10-18)17-19-11-7-4-8-12-19/h3-15H,2,16-17H2,1H3. The topological polar surface area (TPSA) is 42.4 Å². The summed E-state index contributed by atoms with van der Waals surface area (Å²) in [5, 5.41) is 1.52. The van der Waals surface area contributed by atoms with Gasteiger partial charge in [-0.3, -0.25) is 4.98 Å². The molecule has 4 nitrogen and oxygen atoms in total. The van der Waals surface area contributed by atoms with E-state index < -0.39 is 5.97 Å². The van der Waals surface area contributed by atoms with Crippen molar-refractivity contribution in [1.29, 1.82) is 0 Å². The van der Waals surface area contributed by atoms with Crippen LogP contribution in [0.3, 0.4) is 0 Å². The van der Waals surface area contributed by atoms with Crippen molar-refractivity contribution in [2.45, 2.75) is 20.0 Å². The molecule has 0 aliphatic rings. The molecule has 0 spiro atoms. The van der Waals surface area contributed by atoms with E-state index >= 15 is 0 Å². The van der Waals surface area contributed by atoms with Gasteiger partial charge in [0.05, 0.1) is 27.9 Å². The molecule has 0 atom stereocenters. The van der Waals surface area contributed by atoms with Crippen LogP contribution in [0.5, 0.6) is 0 Å². The first-order chi connectivity index (χ1) is 15.6. The maximum Gasteiger partial charge on any atom is 0.341 e. The third-order valence-electron chi connectivity index (χ3n) is 5.15. The SMILES string of the molecule is CCOC(=O)c1cnc2c(Cl)c(Cl)ccc2c1N(Cc1ccccc1)Cc1ccccc1. The number of hydrogen-bond donors (Lipinski definition) is 0. The molecule has 0 N–H and O–H groups in total. The van der Waals surface area contributed by atoms with Crippen LogP contribution in [-0.2, 0) is 17.8 Å². The number of carbonyl (C=O) groups excluding carboxylic acids is 1. The van der Waals surface area contributed by atoms with Crippen LogP contribution in [0.1, 0.15) is 28.4 Å². The monoisotopic (exact) mass is 464 g/mol. The zero-order valence-corrected chi connectivity index (χ0v) is 19.1. The molecule has 3 aromatic carbocycles. The molecule has 0 fully saturated rings. The summed E-state index contributed by atoms with van der Waals surface area (Å²) < 4.78 is 5.36. The summed E-state index contributed by atoms with van der Waals surface area (Å²) in [5.74, 6) is -0.422. The van der Waals surface area contributed by atoms with Gasteiger partial charge in [0, 0.05) is 24.7 Å². The number of hydrogen-bond acceptors (Lipinski definition) is 4. The third-order valence-corrected chi connectivity index (χ3v) is 5.94. The van der Waals surface area contributed by atoms with Gasteiger partial charge in [-0.2, -0.15) is 0 Å². The molecule has 6 heteroatoms. The number of fused-ring (bicyclic) bond motifs is 1. The molecule has 0 unspecified atom stereocenters. The number of esters is 1. The number of anilines is 1. The molecule has 0 saturated heterocycles. The molecule has 0 aliphatic heterocycles. The molecule has 1 heterocycles. The van der Waals surface area contributed by atoms with E-state index in [1.165, 1.54) is 6.20 Å². The number of pyridine rings is 1. The summed E-state index contributed by atoms with van der Waals surface area (Å²) in [5.41, 5.74) is 3.89. The average molecular weight is 465 g/mol.